The van der Waals surface area contributed by atoms with Gasteiger partial charge in [0.1, 0.15) is 23.7 Å². The van der Waals surface area contributed by atoms with Crippen molar-refractivity contribution >= 4 is 17.7 Å². The first-order valence-electron chi connectivity index (χ1n) is 11.7. The van der Waals surface area contributed by atoms with Crippen LogP contribution >= 0.6 is 0 Å². The molecule has 8 heteroatoms. The molecule has 3 rings (SSSR count). The first-order valence-corrected chi connectivity index (χ1v) is 11.7. The molecule has 0 saturated carbocycles. The Labute approximate surface area is 204 Å². The van der Waals surface area contributed by atoms with E-state index in [1.807, 2.05) is 56.3 Å². The van der Waals surface area contributed by atoms with Gasteiger partial charge in [0.05, 0.1) is 12.5 Å². The lowest BCUT2D eigenvalue weighted by Crippen LogP contribution is -2.53. The average Bonchev–Trinajstić information content (AvgIpc) is 2.92. The number of carbonyl (C=O) groups is 3. The fourth-order valence-electron chi connectivity index (χ4n) is 4.10. The molecule has 0 aliphatic carbocycles. The molecular formula is C27H31F2N3O3. The molecule has 186 valence electrons. The number of rotatable bonds is 8. The minimum atomic E-state index is -0.940. The van der Waals surface area contributed by atoms with E-state index < -0.39 is 35.5 Å². The molecule has 0 aromatic heterocycles. The van der Waals surface area contributed by atoms with Crippen LogP contribution in [0.1, 0.15) is 44.4 Å². The first-order chi connectivity index (χ1) is 16.6. The monoisotopic (exact) mass is 483 g/mol. The maximum Gasteiger partial charge on any atom is 0.246 e. The Morgan fingerprint density at radius 1 is 1.06 bits per heavy atom. The Morgan fingerprint density at radius 3 is 2.34 bits per heavy atom. The molecular weight excluding hydrogens is 452 g/mol. The number of carbonyl (C=O) groups excluding carboxylic acids is 3. The smallest absolute Gasteiger partial charge is 0.246 e. The predicted molar refractivity (Wildman–Crippen MR) is 129 cm³/mol. The van der Waals surface area contributed by atoms with E-state index in [9.17, 15) is 23.2 Å². The Kier molecular flexibility index (Phi) is 8.73. The summed E-state index contributed by atoms with van der Waals surface area (Å²) in [4.78, 5) is 40.4. The molecule has 0 fully saturated rings. The molecule has 1 heterocycles. The van der Waals surface area contributed by atoms with E-state index in [0.29, 0.717) is 13.0 Å². The zero-order chi connectivity index (χ0) is 25.5. The summed E-state index contributed by atoms with van der Waals surface area (Å²) in [5.74, 6) is -2.61. The Morgan fingerprint density at radius 2 is 1.71 bits per heavy atom. The topological polar surface area (TPSA) is 78.5 Å². The number of nitrogens with zero attached hydrogens (tertiary/aromatic N) is 1. The Bertz CT molecular complexity index is 1070. The lowest BCUT2D eigenvalue weighted by atomic mass is 10.0. The number of amides is 3. The molecule has 3 atom stereocenters. The van der Waals surface area contributed by atoms with Crippen molar-refractivity contribution in [1.82, 2.24) is 15.5 Å². The van der Waals surface area contributed by atoms with Gasteiger partial charge in [-0.15, -0.1) is 0 Å². The van der Waals surface area contributed by atoms with Crippen LogP contribution in [0.15, 0.2) is 60.7 Å². The first kappa shape index (κ1) is 26.1. The van der Waals surface area contributed by atoms with Gasteiger partial charge < -0.3 is 15.5 Å². The zero-order valence-electron chi connectivity index (χ0n) is 20.1. The molecule has 0 radical (unpaired) electrons. The minimum Gasteiger partial charge on any atom is -0.344 e. The van der Waals surface area contributed by atoms with E-state index in [1.165, 1.54) is 6.92 Å². The maximum atomic E-state index is 13.5. The van der Waals surface area contributed by atoms with E-state index in [1.54, 1.807) is 4.90 Å². The van der Waals surface area contributed by atoms with Crippen LogP contribution in [-0.4, -0.2) is 41.2 Å². The number of hydrogen-bond donors (Lipinski definition) is 2. The average molecular weight is 484 g/mol. The number of nitrogens with one attached hydrogen (secondary N) is 2. The molecule has 3 amide bonds. The summed E-state index contributed by atoms with van der Waals surface area (Å²) >= 11 is 0. The van der Waals surface area contributed by atoms with E-state index in [-0.39, 0.29) is 29.9 Å². The highest BCUT2D eigenvalue weighted by atomic mass is 19.1. The third-order valence-electron chi connectivity index (χ3n) is 5.68. The van der Waals surface area contributed by atoms with Crippen molar-refractivity contribution in [3.05, 3.63) is 83.4 Å². The maximum absolute atomic E-state index is 13.5. The number of benzene rings is 2. The van der Waals surface area contributed by atoms with Crippen LogP contribution in [0.5, 0.6) is 0 Å². The highest BCUT2D eigenvalue weighted by Gasteiger charge is 2.33. The summed E-state index contributed by atoms with van der Waals surface area (Å²) in [5.41, 5.74) is 1.15. The van der Waals surface area contributed by atoms with Gasteiger partial charge in [0, 0.05) is 12.6 Å². The summed E-state index contributed by atoms with van der Waals surface area (Å²) in [5, 5.41) is 5.28. The summed E-state index contributed by atoms with van der Waals surface area (Å²) in [7, 11) is 0. The second-order valence-corrected chi connectivity index (χ2v) is 9.21. The van der Waals surface area contributed by atoms with Gasteiger partial charge in [0.25, 0.3) is 0 Å². The highest BCUT2D eigenvalue weighted by Crippen LogP contribution is 2.27. The largest absolute Gasteiger partial charge is 0.344 e. The normalized spacial score (nSPS) is 18.8. The molecule has 6 nitrogen and oxygen atoms in total. The SMILES string of the molecule is CC(C)CN1C(=O)[C@@H](NC(=O)[C@H](C)NC(=O)Cc2cc(F)cc(F)c2)CC=C[C@H]1c1ccccc1. The van der Waals surface area contributed by atoms with Gasteiger partial charge in [-0.2, -0.15) is 0 Å². The summed E-state index contributed by atoms with van der Waals surface area (Å²) < 4.78 is 26.7. The van der Waals surface area contributed by atoms with Crippen LogP contribution in [-0.2, 0) is 20.8 Å². The van der Waals surface area contributed by atoms with E-state index in [4.69, 9.17) is 0 Å². The fourth-order valence-corrected chi connectivity index (χ4v) is 4.10. The van der Waals surface area contributed by atoms with Crippen LogP contribution in [0.25, 0.3) is 0 Å². The van der Waals surface area contributed by atoms with Gasteiger partial charge in [-0.3, -0.25) is 14.4 Å². The van der Waals surface area contributed by atoms with Gasteiger partial charge in [-0.05, 0) is 42.5 Å². The van der Waals surface area contributed by atoms with Crippen molar-refractivity contribution in [3.8, 4) is 0 Å². The Hall–Kier alpha value is -3.55. The molecule has 2 aromatic rings. The summed E-state index contributed by atoms with van der Waals surface area (Å²) in [6.07, 6.45) is 3.91. The van der Waals surface area contributed by atoms with Gasteiger partial charge in [-0.1, -0.05) is 56.3 Å². The van der Waals surface area contributed by atoms with Crippen LogP contribution in [0.4, 0.5) is 8.78 Å². The van der Waals surface area contributed by atoms with E-state index >= 15 is 0 Å². The van der Waals surface area contributed by atoms with Crippen molar-refractivity contribution in [2.75, 3.05) is 6.54 Å². The second kappa shape index (κ2) is 11.7. The molecule has 1 aliphatic heterocycles. The quantitative estimate of drug-likeness (QED) is 0.563. The van der Waals surface area contributed by atoms with E-state index in [2.05, 4.69) is 10.6 Å². The third kappa shape index (κ3) is 7.21. The minimum absolute atomic E-state index is 0.160. The zero-order valence-corrected chi connectivity index (χ0v) is 20.1. The molecule has 0 unspecified atom stereocenters. The van der Waals surface area contributed by atoms with Crippen molar-refractivity contribution in [2.24, 2.45) is 5.92 Å². The number of halogens is 2. The van der Waals surface area contributed by atoms with Gasteiger partial charge in [0.2, 0.25) is 17.7 Å². The second-order valence-electron chi connectivity index (χ2n) is 9.21. The van der Waals surface area contributed by atoms with Gasteiger partial charge in [0.15, 0.2) is 0 Å². The summed E-state index contributed by atoms with van der Waals surface area (Å²) in [6, 6.07) is 10.6. The van der Waals surface area contributed by atoms with Crippen molar-refractivity contribution < 1.29 is 23.2 Å². The molecule has 35 heavy (non-hydrogen) atoms. The standard InChI is InChI=1S/C27H31F2N3O3/c1-17(2)16-32-24(20-8-5-4-6-9-20)11-7-10-23(27(32)35)31-26(34)18(3)30-25(33)14-19-12-21(28)15-22(29)13-19/h4-9,11-13,15,17-18,23-24H,10,14,16H2,1-3H3,(H,30,33)(H,31,34)/t18-,23-,24-/m0/s1. The third-order valence-corrected chi connectivity index (χ3v) is 5.68. The number of hydrogen-bond acceptors (Lipinski definition) is 3. The van der Waals surface area contributed by atoms with E-state index in [0.717, 1.165) is 23.8 Å². The molecule has 0 spiro atoms. The molecule has 2 aromatic carbocycles. The molecule has 0 saturated heterocycles. The lowest BCUT2D eigenvalue weighted by Gasteiger charge is -2.33. The van der Waals surface area contributed by atoms with Crippen molar-refractivity contribution in [1.29, 1.82) is 0 Å². The van der Waals surface area contributed by atoms with Crippen molar-refractivity contribution in [3.63, 3.8) is 0 Å². The van der Waals surface area contributed by atoms with Crippen LogP contribution in [0.3, 0.4) is 0 Å². The fraction of sp³-hybridized carbons (Fsp3) is 0.370. The Balaban J connectivity index is 1.65. The van der Waals surface area contributed by atoms with Crippen LogP contribution in [0.2, 0.25) is 0 Å². The molecule has 1 aliphatic rings. The van der Waals surface area contributed by atoms with Crippen LogP contribution < -0.4 is 10.6 Å². The van der Waals surface area contributed by atoms with Crippen molar-refractivity contribution in [2.45, 2.75) is 51.7 Å². The highest BCUT2D eigenvalue weighted by molar-refractivity contribution is 5.92. The lowest BCUT2D eigenvalue weighted by molar-refractivity contribution is -0.138. The van der Waals surface area contributed by atoms with Crippen LogP contribution in [0, 0.1) is 17.6 Å². The van der Waals surface area contributed by atoms with Gasteiger partial charge in [-0.25, -0.2) is 8.78 Å². The predicted octanol–water partition coefficient (Wildman–Crippen LogP) is 3.68. The summed E-state index contributed by atoms with van der Waals surface area (Å²) in [6.45, 7) is 6.07. The van der Waals surface area contributed by atoms with Gasteiger partial charge >= 0.3 is 0 Å². The molecule has 2 N–H and O–H groups in total. The molecule has 0 bridgehead atoms.